The monoisotopic (exact) mass is 293 g/mol. The van der Waals surface area contributed by atoms with Gasteiger partial charge in [0, 0.05) is 10.7 Å². The van der Waals surface area contributed by atoms with E-state index < -0.39 is 5.54 Å². The van der Waals surface area contributed by atoms with Crippen LogP contribution in [0, 0.1) is 24.2 Å². The van der Waals surface area contributed by atoms with Crippen LogP contribution < -0.4 is 10.6 Å². The Hall–Kier alpha value is -1.73. The molecule has 0 spiro atoms. The molecule has 0 aromatic heterocycles. The van der Waals surface area contributed by atoms with Gasteiger partial charge in [-0.05, 0) is 43.5 Å². The highest BCUT2D eigenvalue weighted by molar-refractivity contribution is 6.30. The predicted octanol–water partition coefficient (Wildman–Crippen LogP) is 3.11. The number of carbonyl (C=O) groups is 1. The van der Waals surface area contributed by atoms with Crippen LogP contribution in [-0.2, 0) is 4.79 Å². The zero-order valence-corrected chi connectivity index (χ0v) is 13.0. The molecule has 0 aliphatic heterocycles. The van der Waals surface area contributed by atoms with Crippen molar-refractivity contribution in [3.63, 3.8) is 0 Å². The Morgan fingerprint density at radius 2 is 2.15 bits per heavy atom. The average Bonchev–Trinajstić information content (AvgIpc) is 2.37. The normalized spacial score (nSPS) is 13.4. The molecule has 0 aliphatic carbocycles. The molecular weight excluding hydrogens is 274 g/mol. The molecule has 0 fully saturated rings. The number of halogens is 1. The van der Waals surface area contributed by atoms with Crippen LogP contribution >= 0.6 is 11.6 Å². The minimum absolute atomic E-state index is 0.0359. The Bertz CT molecular complexity index is 536. The number of amides is 1. The van der Waals surface area contributed by atoms with Gasteiger partial charge in [-0.1, -0.05) is 25.4 Å². The molecule has 1 aromatic carbocycles. The van der Waals surface area contributed by atoms with E-state index in [9.17, 15) is 4.79 Å². The summed E-state index contributed by atoms with van der Waals surface area (Å²) in [5.74, 6) is -0.175. The highest BCUT2D eigenvalue weighted by atomic mass is 35.5. The first kappa shape index (κ1) is 16.3. The largest absolute Gasteiger partial charge is 0.376 e. The summed E-state index contributed by atoms with van der Waals surface area (Å²) in [7, 11) is 0. The first-order chi connectivity index (χ1) is 9.28. The second-order valence-corrected chi connectivity index (χ2v) is 5.77. The van der Waals surface area contributed by atoms with Crippen molar-refractivity contribution in [2.75, 3.05) is 11.9 Å². The van der Waals surface area contributed by atoms with Crippen LogP contribution in [0.5, 0.6) is 0 Å². The van der Waals surface area contributed by atoms with Crippen molar-refractivity contribution in [2.45, 2.75) is 33.2 Å². The fraction of sp³-hybridized carbons (Fsp3) is 0.467. The Morgan fingerprint density at radius 3 is 2.65 bits per heavy atom. The van der Waals surface area contributed by atoms with Crippen LogP contribution in [-0.4, -0.2) is 18.0 Å². The van der Waals surface area contributed by atoms with E-state index in [0.717, 1.165) is 11.3 Å². The van der Waals surface area contributed by atoms with E-state index in [1.54, 1.807) is 13.0 Å². The van der Waals surface area contributed by atoms with E-state index in [0.29, 0.717) is 5.02 Å². The van der Waals surface area contributed by atoms with Crippen molar-refractivity contribution in [1.82, 2.24) is 5.32 Å². The number of nitrogens with one attached hydrogen (secondary N) is 2. The summed E-state index contributed by atoms with van der Waals surface area (Å²) in [5.41, 5.74) is 0.971. The van der Waals surface area contributed by atoms with E-state index in [-0.39, 0.29) is 18.4 Å². The third-order valence-corrected chi connectivity index (χ3v) is 3.65. The quantitative estimate of drug-likeness (QED) is 0.876. The van der Waals surface area contributed by atoms with Gasteiger partial charge in [-0.25, -0.2) is 0 Å². The topological polar surface area (TPSA) is 64.9 Å². The maximum absolute atomic E-state index is 11.9. The molecule has 1 unspecified atom stereocenters. The van der Waals surface area contributed by atoms with Crippen LogP contribution in [0.25, 0.3) is 0 Å². The highest BCUT2D eigenvalue weighted by Crippen LogP contribution is 2.19. The Kier molecular flexibility index (Phi) is 5.41. The molecule has 0 saturated heterocycles. The summed E-state index contributed by atoms with van der Waals surface area (Å²) in [6.45, 7) is 7.57. The van der Waals surface area contributed by atoms with E-state index in [1.807, 2.05) is 32.9 Å². The van der Waals surface area contributed by atoms with E-state index in [1.165, 1.54) is 0 Å². The van der Waals surface area contributed by atoms with Gasteiger partial charge >= 0.3 is 0 Å². The minimum atomic E-state index is -0.853. The lowest BCUT2D eigenvalue weighted by Crippen LogP contribution is -2.50. The molecule has 1 amide bonds. The summed E-state index contributed by atoms with van der Waals surface area (Å²) < 4.78 is 0. The summed E-state index contributed by atoms with van der Waals surface area (Å²) in [6, 6.07) is 7.57. The Balaban J connectivity index is 2.62. The number of anilines is 1. The van der Waals surface area contributed by atoms with Gasteiger partial charge in [0.05, 0.1) is 12.6 Å². The molecule has 20 heavy (non-hydrogen) atoms. The smallest absolute Gasteiger partial charge is 0.240 e. The number of benzene rings is 1. The van der Waals surface area contributed by atoms with Crippen LogP contribution in [0.15, 0.2) is 18.2 Å². The van der Waals surface area contributed by atoms with Gasteiger partial charge in [-0.3, -0.25) is 4.79 Å². The molecule has 1 rings (SSSR count). The Labute approximate surface area is 125 Å². The summed E-state index contributed by atoms with van der Waals surface area (Å²) in [6.07, 6.45) is 0. The number of aryl methyl sites for hydroxylation is 1. The first-order valence-corrected chi connectivity index (χ1v) is 6.88. The van der Waals surface area contributed by atoms with Gasteiger partial charge < -0.3 is 10.6 Å². The number of nitrogens with zero attached hydrogens (tertiary/aromatic N) is 1. The maximum Gasteiger partial charge on any atom is 0.240 e. The van der Waals surface area contributed by atoms with E-state index in [2.05, 4.69) is 16.7 Å². The lowest BCUT2D eigenvalue weighted by Gasteiger charge is -2.27. The van der Waals surface area contributed by atoms with Crippen molar-refractivity contribution < 1.29 is 4.79 Å². The molecule has 0 heterocycles. The van der Waals surface area contributed by atoms with Gasteiger partial charge in [0.1, 0.15) is 5.54 Å². The summed E-state index contributed by atoms with van der Waals surface area (Å²) in [4.78, 5) is 11.9. The maximum atomic E-state index is 11.9. The number of nitriles is 1. The molecule has 5 heteroatoms. The predicted molar refractivity (Wildman–Crippen MR) is 81.7 cm³/mol. The number of rotatable bonds is 5. The molecule has 2 N–H and O–H groups in total. The summed E-state index contributed by atoms with van der Waals surface area (Å²) >= 11 is 5.88. The van der Waals surface area contributed by atoms with E-state index in [4.69, 9.17) is 16.9 Å². The van der Waals surface area contributed by atoms with Crippen molar-refractivity contribution in [2.24, 2.45) is 5.92 Å². The van der Waals surface area contributed by atoms with Crippen LogP contribution in [0.4, 0.5) is 5.69 Å². The van der Waals surface area contributed by atoms with Gasteiger partial charge in [0.2, 0.25) is 5.91 Å². The second-order valence-electron chi connectivity index (χ2n) is 5.33. The Morgan fingerprint density at radius 1 is 1.50 bits per heavy atom. The fourth-order valence-electron chi connectivity index (χ4n) is 1.64. The molecule has 1 atom stereocenters. The SMILES string of the molecule is Cc1cc(Cl)ccc1NCC(=O)NC(C)(C#N)C(C)C. The third kappa shape index (κ3) is 4.14. The van der Waals surface area contributed by atoms with Crippen LogP contribution in [0.3, 0.4) is 0 Å². The molecule has 0 aliphatic rings. The van der Waals surface area contributed by atoms with Crippen LogP contribution in [0.1, 0.15) is 26.3 Å². The fourth-order valence-corrected chi connectivity index (χ4v) is 1.86. The van der Waals surface area contributed by atoms with Gasteiger partial charge in [0.15, 0.2) is 0 Å². The highest BCUT2D eigenvalue weighted by Gasteiger charge is 2.29. The minimum Gasteiger partial charge on any atom is -0.376 e. The zero-order chi connectivity index (χ0) is 15.3. The molecule has 1 aromatic rings. The van der Waals surface area contributed by atoms with Gasteiger partial charge in [-0.2, -0.15) is 5.26 Å². The van der Waals surface area contributed by atoms with E-state index >= 15 is 0 Å². The molecule has 4 nitrogen and oxygen atoms in total. The molecule has 108 valence electrons. The lowest BCUT2D eigenvalue weighted by atomic mass is 9.90. The number of hydrogen-bond donors (Lipinski definition) is 2. The van der Waals surface area contributed by atoms with Crippen molar-refractivity contribution in [3.8, 4) is 6.07 Å². The summed E-state index contributed by atoms with van der Waals surface area (Å²) in [5, 5.41) is 15.6. The third-order valence-electron chi connectivity index (χ3n) is 3.41. The van der Waals surface area contributed by atoms with Crippen molar-refractivity contribution in [3.05, 3.63) is 28.8 Å². The van der Waals surface area contributed by atoms with Crippen molar-refractivity contribution >= 4 is 23.2 Å². The first-order valence-electron chi connectivity index (χ1n) is 6.51. The molecule has 0 saturated carbocycles. The number of hydrogen-bond acceptors (Lipinski definition) is 3. The van der Waals surface area contributed by atoms with Gasteiger partial charge in [0.25, 0.3) is 0 Å². The second kappa shape index (κ2) is 6.62. The molecule has 0 radical (unpaired) electrons. The van der Waals surface area contributed by atoms with Crippen molar-refractivity contribution in [1.29, 1.82) is 5.26 Å². The lowest BCUT2D eigenvalue weighted by molar-refractivity contribution is -0.121. The molecule has 0 bridgehead atoms. The number of carbonyl (C=O) groups excluding carboxylic acids is 1. The average molecular weight is 294 g/mol. The van der Waals surface area contributed by atoms with Gasteiger partial charge in [-0.15, -0.1) is 0 Å². The molecular formula is C15H20ClN3O. The zero-order valence-electron chi connectivity index (χ0n) is 12.2. The standard InChI is InChI=1S/C15H20ClN3O/c1-10(2)15(4,9-17)19-14(20)8-18-13-6-5-12(16)7-11(13)3/h5-7,10,18H,8H2,1-4H3,(H,19,20). The van der Waals surface area contributed by atoms with Crippen LogP contribution in [0.2, 0.25) is 5.02 Å².